The van der Waals surface area contributed by atoms with Crippen LogP contribution in [0.1, 0.15) is 49.1 Å². The quantitative estimate of drug-likeness (QED) is 0.810. The van der Waals surface area contributed by atoms with E-state index in [4.69, 9.17) is 0 Å². The van der Waals surface area contributed by atoms with E-state index in [1.807, 2.05) is 0 Å². The van der Waals surface area contributed by atoms with Crippen LogP contribution in [0.25, 0.3) is 0 Å². The Hall–Kier alpha value is -1.38. The van der Waals surface area contributed by atoms with E-state index in [0.717, 1.165) is 31.2 Å². The summed E-state index contributed by atoms with van der Waals surface area (Å²) in [4.78, 5) is 11.3. The number of hydrogen-bond donors (Lipinski definition) is 1. The van der Waals surface area contributed by atoms with Gasteiger partial charge in [0.05, 0.1) is 5.92 Å². The molecule has 1 spiro atoms. The third kappa shape index (κ3) is 1.48. The lowest BCUT2D eigenvalue weighted by atomic mass is 9.80. The summed E-state index contributed by atoms with van der Waals surface area (Å²) >= 11 is 0. The number of halogens is 1. The molecule has 1 fully saturated rings. The van der Waals surface area contributed by atoms with Crippen LogP contribution in [0, 0.1) is 5.82 Å². The van der Waals surface area contributed by atoms with E-state index < -0.39 is 11.9 Å². The summed E-state index contributed by atoms with van der Waals surface area (Å²) in [5, 5.41) is 9.27. The van der Waals surface area contributed by atoms with Crippen LogP contribution < -0.4 is 0 Å². The molecule has 1 N–H and O–H groups in total. The van der Waals surface area contributed by atoms with E-state index in [0.29, 0.717) is 12.0 Å². The maximum Gasteiger partial charge on any atom is 0.311 e. The number of aliphatic carboxylic acids is 1. The first kappa shape index (κ1) is 10.8. The van der Waals surface area contributed by atoms with Gasteiger partial charge in [-0.05, 0) is 47.9 Å². The van der Waals surface area contributed by atoms with Crippen molar-refractivity contribution >= 4 is 5.97 Å². The molecule has 1 atom stereocenters. The molecule has 0 radical (unpaired) electrons. The van der Waals surface area contributed by atoms with Gasteiger partial charge in [-0.25, -0.2) is 4.39 Å². The Kier molecular flexibility index (Phi) is 2.25. The van der Waals surface area contributed by atoms with Crippen LogP contribution in [0.5, 0.6) is 0 Å². The van der Waals surface area contributed by atoms with Gasteiger partial charge in [-0.1, -0.05) is 18.9 Å². The molecule has 17 heavy (non-hydrogen) atoms. The first-order valence-corrected chi connectivity index (χ1v) is 6.15. The van der Waals surface area contributed by atoms with Crippen molar-refractivity contribution in [3.63, 3.8) is 0 Å². The molecule has 1 unspecified atom stereocenters. The molecule has 1 saturated carbocycles. The fraction of sp³-hybridized carbons (Fsp3) is 0.500. The van der Waals surface area contributed by atoms with Crippen molar-refractivity contribution in [3.05, 3.63) is 35.1 Å². The van der Waals surface area contributed by atoms with Gasteiger partial charge in [0.2, 0.25) is 0 Å². The van der Waals surface area contributed by atoms with Gasteiger partial charge in [0.25, 0.3) is 0 Å². The molecule has 0 heterocycles. The summed E-state index contributed by atoms with van der Waals surface area (Å²) < 4.78 is 13.3. The van der Waals surface area contributed by atoms with Gasteiger partial charge in [0, 0.05) is 0 Å². The van der Waals surface area contributed by atoms with Gasteiger partial charge < -0.3 is 5.11 Å². The molecule has 0 saturated heterocycles. The highest BCUT2D eigenvalue weighted by atomic mass is 19.1. The van der Waals surface area contributed by atoms with Crippen molar-refractivity contribution in [1.82, 2.24) is 0 Å². The summed E-state index contributed by atoms with van der Waals surface area (Å²) in [6, 6.07) is 4.68. The summed E-state index contributed by atoms with van der Waals surface area (Å²) in [5.41, 5.74) is 1.81. The van der Waals surface area contributed by atoms with E-state index in [1.165, 1.54) is 12.1 Å². The number of carboxylic acids is 1. The zero-order valence-electron chi connectivity index (χ0n) is 9.58. The van der Waals surface area contributed by atoms with Gasteiger partial charge in [-0.15, -0.1) is 0 Å². The van der Waals surface area contributed by atoms with Gasteiger partial charge in [-0.3, -0.25) is 4.79 Å². The second-order valence-corrected chi connectivity index (χ2v) is 5.31. The largest absolute Gasteiger partial charge is 0.481 e. The molecule has 1 aromatic rings. The molecule has 0 aromatic heterocycles. The Labute approximate surface area is 99.5 Å². The normalized spacial score (nSPS) is 25.1. The van der Waals surface area contributed by atoms with Crippen LogP contribution in [0.3, 0.4) is 0 Å². The van der Waals surface area contributed by atoms with E-state index in [2.05, 4.69) is 0 Å². The molecule has 0 bridgehead atoms. The Morgan fingerprint density at radius 3 is 2.71 bits per heavy atom. The highest BCUT2D eigenvalue weighted by Gasteiger charge is 2.47. The van der Waals surface area contributed by atoms with E-state index in [-0.39, 0.29) is 11.2 Å². The third-order valence-electron chi connectivity index (χ3n) is 4.41. The third-order valence-corrected chi connectivity index (χ3v) is 4.41. The van der Waals surface area contributed by atoms with Gasteiger partial charge in [-0.2, -0.15) is 0 Å². The Morgan fingerprint density at radius 2 is 2.06 bits per heavy atom. The minimum Gasteiger partial charge on any atom is -0.481 e. The lowest BCUT2D eigenvalue weighted by Gasteiger charge is -2.24. The van der Waals surface area contributed by atoms with Crippen LogP contribution in [-0.2, 0) is 10.2 Å². The number of carboxylic acid groups (broad SMARTS) is 1. The molecule has 1 aromatic carbocycles. The number of fused-ring (bicyclic) bond motifs is 2. The number of hydrogen-bond acceptors (Lipinski definition) is 1. The van der Waals surface area contributed by atoms with Gasteiger partial charge in [0.15, 0.2) is 0 Å². The topological polar surface area (TPSA) is 37.3 Å². The fourth-order valence-corrected chi connectivity index (χ4v) is 3.66. The maximum atomic E-state index is 13.3. The number of benzene rings is 1. The maximum absolute atomic E-state index is 13.3. The highest BCUT2D eigenvalue weighted by molar-refractivity contribution is 5.78. The van der Waals surface area contributed by atoms with Crippen molar-refractivity contribution in [2.75, 3.05) is 0 Å². The predicted octanol–water partition coefficient (Wildman–Crippen LogP) is 3.21. The summed E-state index contributed by atoms with van der Waals surface area (Å²) in [7, 11) is 0. The molecule has 2 nitrogen and oxygen atoms in total. The summed E-state index contributed by atoms with van der Waals surface area (Å²) in [6.07, 6.45) is 5.07. The lowest BCUT2D eigenvalue weighted by Crippen LogP contribution is -2.19. The average molecular weight is 234 g/mol. The zero-order chi connectivity index (χ0) is 12.0. The molecule has 0 amide bonds. The highest BCUT2D eigenvalue weighted by Crippen LogP contribution is 2.54. The minimum atomic E-state index is -0.819. The van der Waals surface area contributed by atoms with Crippen molar-refractivity contribution in [1.29, 1.82) is 0 Å². The van der Waals surface area contributed by atoms with Gasteiger partial charge in [0.1, 0.15) is 5.82 Å². The molecule has 2 aliphatic carbocycles. The molecular weight excluding hydrogens is 219 g/mol. The van der Waals surface area contributed by atoms with Crippen molar-refractivity contribution < 1.29 is 14.3 Å². The minimum absolute atomic E-state index is 0.0199. The van der Waals surface area contributed by atoms with Gasteiger partial charge >= 0.3 is 5.97 Å². The molecule has 3 heteroatoms. The second kappa shape index (κ2) is 3.56. The molecule has 3 rings (SSSR count). The Balaban J connectivity index is 2.14. The SMILES string of the molecule is O=C(O)C1CC2(CCCC2)c2ccc(F)cc21. The monoisotopic (exact) mass is 234 g/mol. The zero-order valence-corrected chi connectivity index (χ0v) is 9.58. The predicted molar refractivity (Wildman–Crippen MR) is 61.5 cm³/mol. The second-order valence-electron chi connectivity index (χ2n) is 5.31. The first-order valence-electron chi connectivity index (χ1n) is 6.15. The lowest BCUT2D eigenvalue weighted by molar-refractivity contribution is -0.139. The fourth-order valence-electron chi connectivity index (χ4n) is 3.66. The average Bonchev–Trinajstić information content (AvgIpc) is 2.86. The smallest absolute Gasteiger partial charge is 0.311 e. The van der Waals surface area contributed by atoms with Crippen molar-refractivity contribution in [2.45, 2.75) is 43.4 Å². The van der Waals surface area contributed by atoms with Crippen LogP contribution in [-0.4, -0.2) is 11.1 Å². The molecule has 90 valence electrons. The molecule has 2 aliphatic rings. The van der Waals surface area contributed by atoms with Crippen molar-refractivity contribution in [2.24, 2.45) is 0 Å². The number of carbonyl (C=O) groups is 1. The van der Waals surface area contributed by atoms with Crippen LogP contribution in [0.4, 0.5) is 4.39 Å². The van der Waals surface area contributed by atoms with Crippen LogP contribution in [0.2, 0.25) is 0 Å². The van der Waals surface area contributed by atoms with Crippen LogP contribution in [0.15, 0.2) is 18.2 Å². The Bertz CT molecular complexity index is 475. The van der Waals surface area contributed by atoms with Crippen molar-refractivity contribution in [3.8, 4) is 0 Å². The number of rotatable bonds is 1. The summed E-state index contributed by atoms with van der Waals surface area (Å²) in [5.74, 6) is -1.66. The van der Waals surface area contributed by atoms with E-state index in [1.54, 1.807) is 6.07 Å². The van der Waals surface area contributed by atoms with Crippen LogP contribution >= 0.6 is 0 Å². The first-order chi connectivity index (χ1) is 8.12. The standard InChI is InChI=1S/C14H15FO2/c15-9-3-4-12-10(7-9)11(13(16)17)8-14(12)5-1-2-6-14/h3-4,7,11H,1-2,5-6,8H2,(H,16,17). The van der Waals surface area contributed by atoms with E-state index in [9.17, 15) is 14.3 Å². The Morgan fingerprint density at radius 1 is 1.35 bits per heavy atom. The summed E-state index contributed by atoms with van der Waals surface area (Å²) in [6.45, 7) is 0. The molecular formula is C14H15FO2. The van der Waals surface area contributed by atoms with E-state index >= 15 is 0 Å². The molecule has 0 aliphatic heterocycles.